The van der Waals surface area contributed by atoms with Gasteiger partial charge in [0, 0.05) is 37.1 Å². The van der Waals surface area contributed by atoms with E-state index in [1.165, 1.54) is 0 Å². The minimum Gasteiger partial charge on any atom is -0.467 e. The molecule has 2 aromatic heterocycles. The number of carbonyl (C=O) groups excluding carboxylic acids is 2. The number of benzene rings is 1. The molecule has 0 aliphatic carbocycles. The average molecular weight is 449 g/mol. The Kier molecular flexibility index (Phi) is 6.23. The summed E-state index contributed by atoms with van der Waals surface area (Å²) in [6, 6.07) is 13.0. The van der Waals surface area contributed by atoms with Crippen molar-refractivity contribution in [2.45, 2.75) is 37.9 Å². The highest BCUT2D eigenvalue weighted by atomic mass is 16.3. The summed E-state index contributed by atoms with van der Waals surface area (Å²) < 4.78 is 7.02. The number of hydrogen-bond acceptors (Lipinski definition) is 6. The first-order chi connectivity index (χ1) is 16.2. The minimum atomic E-state index is -0.269. The number of likely N-dealkylation sites (tertiary alicyclic amines) is 1. The van der Waals surface area contributed by atoms with E-state index in [1.807, 2.05) is 47.5 Å². The number of rotatable bonds is 6. The van der Waals surface area contributed by atoms with Crippen molar-refractivity contribution in [1.29, 1.82) is 0 Å². The molecule has 5 rings (SSSR count). The van der Waals surface area contributed by atoms with Crippen LogP contribution >= 0.6 is 0 Å². The first-order valence-electron chi connectivity index (χ1n) is 11.4. The smallest absolute Gasteiger partial charge is 0.253 e. The van der Waals surface area contributed by atoms with Crippen LogP contribution in [0.25, 0.3) is 5.69 Å². The van der Waals surface area contributed by atoms with Crippen LogP contribution in [0.1, 0.15) is 35.4 Å². The van der Waals surface area contributed by atoms with E-state index < -0.39 is 0 Å². The van der Waals surface area contributed by atoms with Crippen LogP contribution in [0.3, 0.4) is 0 Å². The van der Waals surface area contributed by atoms with E-state index in [4.69, 9.17) is 4.42 Å². The van der Waals surface area contributed by atoms with Crippen molar-refractivity contribution in [2.24, 2.45) is 5.92 Å². The molecule has 2 fully saturated rings. The van der Waals surface area contributed by atoms with Crippen molar-refractivity contribution in [3.05, 3.63) is 72.4 Å². The number of hydrazine groups is 1. The van der Waals surface area contributed by atoms with Crippen LogP contribution in [-0.4, -0.2) is 51.7 Å². The third-order valence-electron chi connectivity index (χ3n) is 6.52. The molecule has 9 nitrogen and oxygen atoms in total. The van der Waals surface area contributed by atoms with Crippen molar-refractivity contribution < 1.29 is 14.0 Å². The first-order valence-corrected chi connectivity index (χ1v) is 11.4. The second-order valence-corrected chi connectivity index (χ2v) is 8.61. The summed E-state index contributed by atoms with van der Waals surface area (Å²) in [6.07, 6.45) is 7.73. The topological polar surface area (TPSA) is 104 Å². The lowest BCUT2D eigenvalue weighted by Gasteiger charge is -2.34. The third kappa shape index (κ3) is 4.84. The van der Waals surface area contributed by atoms with Gasteiger partial charge in [-0.05, 0) is 61.6 Å². The lowest BCUT2D eigenvalue weighted by atomic mass is 9.87. The number of aromatic nitrogens is 2. The minimum absolute atomic E-state index is 0.0360. The summed E-state index contributed by atoms with van der Waals surface area (Å²) in [5.74, 6) is 1.17. The van der Waals surface area contributed by atoms with Crippen LogP contribution in [0.4, 0.5) is 0 Å². The molecule has 2 atom stereocenters. The highest BCUT2D eigenvalue weighted by Crippen LogP contribution is 2.26. The third-order valence-corrected chi connectivity index (χ3v) is 6.52. The quantitative estimate of drug-likeness (QED) is 0.532. The van der Waals surface area contributed by atoms with Crippen molar-refractivity contribution in [3.8, 4) is 5.69 Å². The molecule has 2 aliphatic heterocycles. The lowest BCUT2D eigenvalue weighted by Crippen LogP contribution is -2.45. The summed E-state index contributed by atoms with van der Waals surface area (Å²) in [7, 11) is 0. The van der Waals surface area contributed by atoms with Gasteiger partial charge in [0.15, 0.2) is 0 Å². The molecular weight excluding hydrogens is 420 g/mol. The molecule has 0 bridgehead atoms. The molecule has 3 aromatic rings. The molecule has 2 aliphatic rings. The molecule has 0 spiro atoms. The summed E-state index contributed by atoms with van der Waals surface area (Å²) in [5.41, 5.74) is 7.98. The zero-order valence-corrected chi connectivity index (χ0v) is 18.3. The van der Waals surface area contributed by atoms with Gasteiger partial charge in [-0.1, -0.05) is 6.07 Å². The van der Waals surface area contributed by atoms with Gasteiger partial charge in [-0.25, -0.2) is 10.1 Å². The van der Waals surface area contributed by atoms with Gasteiger partial charge in [0.05, 0.1) is 18.5 Å². The van der Waals surface area contributed by atoms with Crippen LogP contribution in [0.2, 0.25) is 0 Å². The van der Waals surface area contributed by atoms with E-state index in [0.717, 1.165) is 30.7 Å². The SMILES string of the molecule is O=C(NCc1ccco1)C1CC(C2CCN(C(=O)c3cccc(-n4cccn4)c3)CC2)NN1. The average Bonchev–Trinajstić information content (AvgIpc) is 3.65. The van der Waals surface area contributed by atoms with Gasteiger partial charge in [-0.15, -0.1) is 0 Å². The molecule has 9 heteroatoms. The fourth-order valence-electron chi connectivity index (χ4n) is 4.66. The Hall–Kier alpha value is -3.43. The standard InChI is InChI=1S/C24H28N6O3/c31-23(25-16-20-6-2-13-33-20)22-15-21(27-28-22)17-7-11-29(12-8-17)24(32)18-4-1-5-19(14-18)30-10-3-9-26-30/h1-6,9-10,13-14,17,21-22,27-28H,7-8,11-12,15-16H2,(H,25,31). The Balaban J connectivity index is 1.11. The van der Waals surface area contributed by atoms with Crippen molar-refractivity contribution >= 4 is 11.8 Å². The van der Waals surface area contributed by atoms with Gasteiger partial charge >= 0.3 is 0 Å². The number of amides is 2. The Morgan fingerprint density at radius 1 is 1.12 bits per heavy atom. The monoisotopic (exact) mass is 448 g/mol. The van der Waals surface area contributed by atoms with Gasteiger partial charge in [0.2, 0.25) is 5.91 Å². The predicted octanol–water partition coefficient (Wildman–Crippen LogP) is 1.87. The van der Waals surface area contributed by atoms with E-state index >= 15 is 0 Å². The molecule has 2 unspecified atom stereocenters. The number of piperidine rings is 1. The molecular formula is C24H28N6O3. The first kappa shape index (κ1) is 21.4. The zero-order chi connectivity index (χ0) is 22.6. The molecule has 172 valence electrons. The van der Waals surface area contributed by atoms with Crippen LogP contribution in [0.15, 0.2) is 65.5 Å². The van der Waals surface area contributed by atoms with Gasteiger partial charge in [-0.2, -0.15) is 5.10 Å². The normalized spacial score (nSPS) is 21.3. The summed E-state index contributed by atoms with van der Waals surface area (Å²) in [6.45, 7) is 1.81. The lowest BCUT2D eigenvalue weighted by molar-refractivity contribution is -0.123. The van der Waals surface area contributed by atoms with E-state index in [9.17, 15) is 9.59 Å². The van der Waals surface area contributed by atoms with E-state index in [-0.39, 0.29) is 23.9 Å². The molecule has 0 saturated carbocycles. The van der Waals surface area contributed by atoms with Gasteiger partial charge < -0.3 is 14.6 Å². The molecule has 2 saturated heterocycles. The van der Waals surface area contributed by atoms with Crippen molar-refractivity contribution in [2.75, 3.05) is 13.1 Å². The Morgan fingerprint density at radius 3 is 2.76 bits per heavy atom. The number of nitrogens with zero attached hydrogens (tertiary/aromatic N) is 3. The Morgan fingerprint density at radius 2 is 2.00 bits per heavy atom. The molecule has 33 heavy (non-hydrogen) atoms. The van der Waals surface area contributed by atoms with Crippen LogP contribution in [-0.2, 0) is 11.3 Å². The second kappa shape index (κ2) is 9.60. The number of furan rings is 1. The highest BCUT2D eigenvalue weighted by Gasteiger charge is 2.36. The van der Waals surface area contributed by atoms with Gasteiger partial charge in [-0.3, -0.25) is 15.0 Å². The van der Waals surface area contributed by atoms with E-state index in [2.05, 4.69) is 21.3 Å². The molecule has 2 amide bonds. The summed E-state index contributed by atoms with van der Waals surface area (Å²) in [4.78, 5) is 27.5. The van der Waals surface area contributed by atoms with Crippen LogP contribution < -0.4 is 16.2 Å². The molecule has 3 N–H and O–H groups in total. The van der Waals surface area contributed by atoms with Gasteiger partial charge in [0.25, 0.3) is 5.91 Å². The van der Waals surface area contributed by atoms with Crippen molar-refractivity contribution in [3.63, 3.8) is 0 Å². The molecule has 1 aromatic carbocycles. The maximum absolute atomic E-state index is 13.1. The molecule has 4 heterocycles. The van der Waals surface area contributed by atoms with E-state index in [0.29, 0.717) is 31.1 Å². The van der Waals surface area contributed by atoms with Crippen LogP contribution in [0.5, 0.6) is 0 Å². The fourth-order valence-corrected chi connectivity index (χ4v) is 4.66. The zero-order valence-electron chi connectivity index (χ0n) is 18.3. The van der Waals surface area contributed by atoms with E-state index in [1.54, 1.807) is 23.2 Å². The highest BCUT2D eigenvalue weighted by molar-refractivity contribution is 5.94. The maximum Gasteiger partial charge on any atom is 0.253 e. The second-order valence-electron chi connectivity index (χ2n) is 8.61. The Bertz CT molecular complexity index is 1070. The number of carbonyl (C=O) groups is 2. The number of hydrogen-bond donors (Lipinski definition) is 3. The summed E-state index contributed by atoms with van der Waals surface area (Å²) in [5, 5.41) is 7.15. The maximum atomic E-state index is 13.1. The number of nitrogens with one attached hydrogen (secondary N) is 3. The van der Waals surface area contributed by atoms with Crippen LogP contribution in [0, 0.1) is 5.92 Å². The fraction of sp³-hybridized carbons (Fsp3) is 0.375. The predicted molar refractivity (Wildman–Crippen MR) is 121 cm³/mol. The largest absolute Gasteiger partial charge is 0.467 e. The van der Waals surface area contributed by atoms with Gasteiger partial charge in [0.1, 0.15) is 11.8 Å². The van der Waals surface area contributed by atoms with Crippen molar-refractivity contribution in [1.82, 2.24) is 30.8 Å². The Labute approximate surface area is 192 Å². The molecule has 0 radical (unpaired) electrons. The summed E-state index contributed by atoms with van der Waals surface area (Å²) >= 11 is 0.